The number of nitrogens with zero attached hydrogens (tertiary/aromatic N) is 1. The molecule has 0 radical (unpaired) electrons. The second kappa shape index (κ2) is 2.27. The highest BCUT2D eigenvalue weighted by Crippen LogP contribution is 2.19. The number of thiol groups is 1. The zero-order valence-corrected chi connectivity index (χ0v) is 7.02. The van der Waals surface area contributed by atoms with E-state index in [0.717, 1.165) is 21.6 Å². The molecule has 2 nitrogen and oxygen atoms in total. The Morgan fingerprint density at radius 2 is 2.27 bits per heavy atom. The molecule has 0 saturated carbocycles. The number of aromatic nitrogens is 2. The highest BCUT2D eigenvalue weighted by atomic mass is 32.1. The van der Waals surface area contributed by atoms with Gasteiger partial charge in [0.1, 0.15) is 5.65 Å². The van der Waals surface area contributed by atoms with Gasteiger partial charge in [-0.1, -0.05) is 0 Å². The monoisotopic (exact) mass is 164 g/mol. The third kappa shape index (κ3) is 1.01. The van der Waals surface area contributed by atoms with Crippen LogP contribution in [0.15, 0.2) is 23.2 Å². The van der Waals surface area contributed by atoms with E-state index in [9.17, 15) is 0 Å². The van der Waals surface area contributed by atoms with Crippen LogP contribution in [0.1, 0.15) is 5.69 Å². The van der Waals surface area contributed by atoms with Gasteiger partial charge in [-0.05, 0) is 19.1 Å². The summed E-state index contributed by atoms with van der Waals surface area (Å²) in [6.45, 7) is 1.97. The van der Waals surface area contributed by atoms with Crippen molar-refractivity contribution >= 4 is 23.7 Å². The van der Waals surface area contributed by atoms with E-state index in [1.165, 1.54) is 0 Å². The number of pyridine rings is 1. The van der Waals surface area contributed by atoms with Crippen molar-refractivity contribution in [3.8, 4) is 0 Å². The quantitative estimate of drug-likeness (QED) is 0.574. The fraction of sp³-hybridized carbons (Fsp3) is 0.125. The first kappa shape index (κ1) is 6.73. The first-order valence-electron chi connectivity index (χ1n) is 3.41. The van der Waals surface area contributed by atoms with E-state index in [-0.39, 0.29) is 0 Å². The molecule has 0 aliphatic heterocycles. The van der Waals surface area contributed by atoms with E-state index in [2.05, 4.69) is 22.6 Å². The summed E-state index contributed by atoms with van der Waals surface area (Å²) in [6.07, 6.45) is 1.85. The summed E-state index contributed by atoms with van der Waals surface area (Å²) in [5.74, 6) is 0. The average Bonchev–Trinajstić information content (AvgIpc) is 2.32. The van der Waals surface area contributed by atoms with Crippen molar-refractivity contribution in [1.82, 2.24) is 9.97 Å². The van der Waals surface area contributed by atoms with E-state index >= 15 is 0 Å². The minimum Gasteiger partial charge on any atom is -0.345 e. The fourth-order valence-electron chi connectivity index (χ4n) is 1.09. The molecule has 0 fully saturated rings. The lowest BCUT2D eigenvalue weighted by molar-refractivity contribution is 1.22. The van der Waals surface area contributed by atoms with Gasteiger partial charge >= 0.3 is 0 Å². The Hall–Kier alpha value is -0.960. The zero-order valence-electron chi connectivity index (χ0n) is 6.13. The second-order valence-corrected chi connectivity index (χ2v) is 3.00. The van der Waals surface area contributed by atoms with Crippen LogP contribution in [0.5, 0.6) is 0 Å². The maximum atomic E-state index is 4.29. The van der Waals surface area contributed by atoms with Gasteiger partial charge in [-0.2, -0.15) is 0 Å². The lowest BCUT2D eigenvalue weighted by atomic mass is 10.3. The predicted molar refractivity (Wildman–Crippen MR) is 48.1 cm³/mol. The van der Waals surface area contributed by atoms with Gasteiger partial charge in [-0.25, -0.2) is 4.98 Å². The molecule has 1 N–H and O–H groups in total. The van der Waals surface area contributed by atoms with E-state index in [1.807, 2.05) is 25.3 Å². The zero-order chi connectivity index (χ0) is 7.84. The highest BCUT2D eigenvalue weighted by Gasteiger charge is 1.99. The number of H-pyrrole nitrogens is 1. The first-order chi connectivity index (χ1) is 5.27. The first-order valence-corrected chi connectivity index (χ1v) is 3.86. The van der Waals surface area contributed by atoms with Crippen LogP contribution in [0.4, 0.5) is 0 Å². The van der Waals surface area contributed by atoms with Gasteiger partial charge in [-0.3, -0.25) is 0 Å². The van der Waals surface area contributed by atoms with Crippen LogP contribution in [-0.2, 0) is 0 Å². The van der Waals surface area contributed by atoms with Crippen LogP contribution in [0.25, 0.3) is 11.0 Å². The summed E-state index contributed by atoms with van der Waals surface area (Å²) >= 11 is 4.26. The minimum atomic E-state index is 0.912. The molecule has 0 atom stereocenters. The van der Waals surface area contributed by atoms with Crippen LogP contribution < -0.4 is 0 Å². The Bertz CT molecular complexity index is 392. The van der Waals surface area contributed by atoms with E-state index in [0.29, 0.717) is 0 Å². The topological polar surface area (TPSA) is 28.7 Å². The Morgan fingerprint density at radius 1 is 1.45 bits per heavy atom. The number of rotatable bonds is 0. The smallest absolute Gasteiger partial charge is 0.138 e. The van der Waals surface area contributed by atoms with Crippen LogP contribution >= 0.6 is 12.6 Å². The number of nitrogens with one attached hydrogen (secondary N) is 1. The number of aryl methyl sites for hydroxylation is 1. The van der Waals surface area contributed by atoms with E-state index in [4.69, 9.17) is 0 Å². The molecule has 2 aromatic heterocycles. The van der Waals surface area contributed by atoms with Crippen molar-refractivity contribution in [2.45, 2.75) is 11.8 Å². The van der Waals surface area contributed by atoms with Gasteiger partial charge in [0, 0.05) is 22.2 Å². The van der Waals surface area contributed by atoms with Crippen LogP contribution in [0.2, 0.25) is 0 Å². The van der Waals surface area contributed by atoms with Crippen molar-refractivity contribution in [2.75, 3.05) is 0 Å². The van der Waals surface area contributed by atoms with Crippen LogP contribution in [-0.4, -0.2) is 9.97 Å². The lowest BCUT2D eigenvalue weighted by Gasteiger charge is -1.91. The molecular weight excluding hydrogens is 156 g/mol. The highest BCUT2D eigenvalue weighted by molar-refractivity contribution is 7.80. The van der Waals surface area contributed by atoms with Crippen molar-refractivity contribution < 1.29 is 0 Å². The summed E-state index contributed by atoms with van der Waals surface area (Å²) in [7, 11) is 0. The van der Waals surface area contributed by atoms with Gasteiger partial charge in [0.25, 0.3) is 0 Å². The molecule has 3 heteroatoms. The Labute approximate surface area is 70.1 Å². The molecule has 0 aliphatic rings. The van der Waals surface area contributed by atoms with E-state index in [1.54, 1.807) is 0 Å². The molecule has 2 rings (SSSR count). The fourth-order valence-corrected chi connectivity index (χ4v) is 1.33. The van der Waals surface area contributed by atoms with Gasteiger partial charge in [0.15, 0.2) is 0 Å². The molecule has 0 spiro atoms. The third-order valence-electron chi connectivity index (χ3n) is 1.66. The van der Waals surface area contributed by atoms with Gasteiger partial charge in [0.2, 0.25) is 0 Å². The summed E-state index contributed by atoms with van der Waals surface area (Å²) < 4.78 is 0. The molecule has 0 bridgehead atoms. The maximum absolute atomic E-state index is 4.29. The standard InChI is InChI=1S/C8H8N2S/c1-5-2-3-6-7(11)4-9-8(6)10-5/h2-4,11H,1H3,(H,9,10). The van der Waals surface area contributed by atoms with Gasteiger partial charge < -0.3 is 4.98 Å². The molecule has 0 aliphatic carbocycles. The molecule has 56 valence electrons. The van der Waals surface area contributed by atoms with E-state index < -0.39 is 0 Å². The molecule has 0 amide bonds. The Balaban J connectivity index is 2.86. The number of fused-ring (bicyclic) bond motifs is 1. The van der Waals surface area contributed by atoms with Crippen molar-refractivity contribution in [3.05, 3.63) is 24.0 Å². The normalized spacial score (nSPS) is 10.7. The molecule has 2 aromatic rings. The van der Waals surface area contributed by atoms with Crippen molar-refractivity contribution in [2.24, 2.45) is 0 Å². The SMILES string of the molecule is Cc1ccc2c(S)c[nH]c2n1. The predicted octanol–water partition coefficient (Wildman–Crippen LogP) is 2.16. The largest absolute Gasteiger partial charge is 0.345 e. The summed E-state index contributed by atoms with van der Waals surface area (Å²) in [4.78, 5) is 8.28. The summed E-state index contributed by atoms with van der Waals surface area (Å²) in [5.41, 5.74) is 1.93. The molecule has 0 unspecified atom stereocenters. The second-order valence-electron chi connectivity index (χ2n) is 2.52. The Kier molecular flexibility index (Phi) is 1.39. The molecule has 2 heterocycles. The summed E-state index contributed by atoms with van der Waals surface area (Å²) in [6, 6.07) is 4.01. The lowest BCUT2D eigenvalue weighted by Crippen LogP contribution is -1.79. The van der Waals surface area contributed by atoms with Crippen molar-refractivity contribution in [1.29, 1.82) is 0 Å². The number of hydrogen-bond donors (Lipinski definition) is 2. The minimum absolute atomic E-state index is 0.912. The molecule has 0 aromatic carbocycles. The van der Waals surface area contributed by atoms with Crippen LogP contribution in [0, 0.1) is 6.92 Å². The van der Waals surface area contributed by atoms with Crippen LogP contribution in [0.3, 0.4) is 0 Å². The van der Waals surface area contributed by atoms with Crippen molar-refractivity contribution in [3.63, 3.8) is 0 Å². The number of hydrogen-bond acceptors (Lipinski definition) is 2. The molecular formula is C8H8N2S. The maximum Gasteiger partial charge on any atom is 0.138 e. The number of aromatic amines is 1. The Morgan fingerprint density at radius 3 is 3.09 bits per heavy atom. The van der Waals surface area contributed by atoms with Gasteiger partial charge in [-0.15, -0.1) is 12.6 Å². The molecule has 11 heavy (non-hydrogen) atoms. The average molecular weight is 164 g/mol. The summed E-state index contributed by atoms with van der Waals surface area (Å²) in [5, 5.41) is 1.08. The van der Waals surface area contributed by atoms with Gasteiger partial charge in [0.05, 0.1) is 0 Å². The third-order valence-corrected chi connectivity index (χ3v) is 2.03. The molecule has 0 saturated heterocycles.